The fourth-order valence-corrected chi connectivity index (χ4v) is 1.97. The summed E-state index contributed by atoms with van der Waals surface area (Å²) in [6.07, 6.45) is 0. The van der Waals surface area contributed by atoms with Crippen LogP contribution >= 0.6 is 15.9 Å². The van der Waals surface area contributed by atoms with Crippen LogP contribution in [0, 0.1) is 5.82 Å². The van der Waals surface area contributed by atoms with Gasteiger partial charge in [0.1, 0.15) is 5.82 Å². The third-order valence-electron chi connectivity index (χ3n) is 2.13. The van der Waals surface area contributed by atoms with Crippen LogP contribution in [0.1, 0.15) is 11.6 Å². The zero-order valence-electron chi connectivity index (χ0n) is 7.18. The number of urea groups is 1. The average molecular weight is 259 g/mol. The van der Waals surface area contributed by atoms with E-state index in [1.54, 1.807) is 12.1 Å². The molecule has 0 aromatic heterocycles. The molecule has 1 aliphatic rings. The molecule has 5 heteroatoms. The van der Waals surface area contributed by atoms with E-state index < -0.39 is 0 Å². The van der Waals surface area contributed by atoms with Crippen molar-refractivity contribution in [3.8, 4) is 0 Å². The van der Waals surface area contributed by atoms with Crippen molar-refractivity contribution in [3.05, 3.63) is 34.1 Å². The van der Waals surface area contributed by atoms with Crippen LogP contribution in [-0.2, 0) is 0 Å². The van der Waals surface area contributed by atoms with Gasteiger partial charge in [-0.3, -0.25) is 0 Å². The number of nitrogens with one attached hydrogen (secondary N) is 2. The second-order valence-corrected chi connectivity index (χ2v) is 3.84. The predicted octanol–water partition coefficient (Wildman–Crippen LogP) is 1.94. The first-order valence-electron chi connectivity index (χ1n) is 4.17. The van der Waals surface area contributed by atoms with Gasteiger partial charge in [-0.2, -0.15) is 0 Å². The summed E-state index contributed by atoms with van der Waals surface area (Å²) in [4.78, 5) is 10.9. The van der Waals surface area contributed by atoms with Crippen molar-refractivity contribution in [2.24, 2.45) is 0 Å². The summed E-state index contributed by atoms with van der Waals surface area (Å²) in [6.45, 7) is 0.487. The van der Waals surface area contributed by atoms with Crippen molar-refractivity contribution in [2.75, 3.05) is 6.54 Å². The molecule has 0 spiro atoms. The molecule has 3 nitrogen and oxygen atoms in total. The molecule has 0 radical (unpaired) electrons. The number of carbonyl (C=O) groups is 1. The molecule has 0 unspecified atom stereocenters. The van der Waals surface area contributed by atoms with Crippen molar-refractivity contribution in [1.29, 1.82) is 0 Å². The Hall–Kier alpha value is -1.10. The largest absolute Gasteiger partial charge is 0.336 e. The molecule has 1 atom stereocenters. The van der Waals surface area contributed by atoms with Crippen LogP contribution in [0.3, 0.4) is 0 Å². The molecule has 1 saturated heterocycles. The van der Waals surface area contributed by atoms with E-state index in [0.717, 1.165) is 5.56 Å². The van der Waals surface area contributed by atoms with E-state index >= 15 is 0 Å². The molecule has 1 aliphatic heterocycles. The standard InChI is InChI=1S/C9H8BrFN2O/c10-8-5(2-1-3-6(8)11)7-4-12-9(14)13-7/h1-3,7H,4H2,(H2,12,13,14)/t7-/m1/s1. The smallest absolute Gasteiger partial charge is 0.315 e. The van der Waals surface area contributed by atoms with E-state index in [1.807, 2.05) is 0 Å². The van der Waals surface area contributed by atoms with Crippen LogP contribution in [0.25, 0.3) is 0 Å². The fourth-order valence-electron chi connectivity index (χ4n) is 1.43. The average Bonchev–Trinajstić information content (AvgIpc) is 2.57. The number of carbonyl (C=O) groups excluding carboxylic acids is 1. The molecule has 1 aromatic rings. The Labute approximate surface area is 88.8 Å². The molecule has 1 fully saturated rings. The van der Waals surface area contributed by atoms with Crippen molar-refractivity contribution >= 4 is 22.0 Å². The molecule has 2 N–H and O–H groups in total. The molecule has 0 aliphatic carbocycles. The quantitative estimate of drug-likeness (QED) is 0.795. The number of rotatable bonds is 1. The van der Waals surface area contributed by atoms with Gasteiger partial charge in [-0.1, -0.05) is 12.1 Å². The summed E-state index contributed by atoms with van der Waals surface area (Å²) in [5, 5.41) is 5.31. The van der Waals surface area contributed by atoms with Gasteiger partial charge < -0.3 is 10.6 Å². The minimum absolute atomic E-state index is 0.160. The Morgan fingerprint density at radius 2 is 2.29 bits per heavy atom. The molecular formula is C9H8BrFN2O. The maximum atomic E-state index is 13.1. The maximum absolute atomic E-state index is 13.1. The van der Waals surface area contributed by atoms with E-state index in [9.17, 15) is 9.18 Å². The van der Waals surface area contributed by atoms with Crippen LogP contribution in [0.15, 0.2) is 22.7 Å². The van der Waals surface area contributed by atoms with Crippen molar-refractivity contribution < 1.29 is 9.18 Å². The number of benzene rings is 1. The summed E-state index contributed by atoms with van der Waals surface area (Å²) in [7, 11) is 0. The van der Waals surface area contributed by atoms with Gasteiger partial charge in [0.2, 0.25) is 0 Å². The Kier molecular flexibility index (Phi) is 2.41. The molecule has 2 amide bonds. The first kappa shape index (κ1) is 9.45. The van der Waals surface area contributed by atoms with E-state index in [-0.39, 0.29) is 17.9 Å². The molecule has 14 heavy (non-hydrogen) atoms. The van der Waals surface area contributed by atoms with Gasteiger partial charge in [0, 0.05) is 6.54 Å². The number of halogens is 2. The van der Waals surface area contributed by atoms with Crippen LogP contribution in [-0.4, -0.2) is 12.6 Å². The first-order chi connectivity index (χ1) is 6.68. The second kappa shape index (κ2) is 3.57. The lowest BCUT2D eigenvalue weighted by molar-refractivity contribution is 0.247. The zero-order valence-corrected chi connectivity index (χ0v) is 8.77. The molecule has 2 rings (SSSR count). The Balaban J connectivity index is 2.32. The molecule has 1 aromatic carbocycles. The highest BCUT2D eigenvalue weighted by Crippen LogP contribution is 2.26. The number of hydrogen-bond donors (Lipinski definition) is 2. The Morgan fingerprint density at radius 1 is 1.50 bits per heavy atom. The normalized spacial score (nSPS) is 20.4. The lowest BCUT2D eigenvalue weighted by atomic mass is 10.1. The minimum Gasteiger partial charge on any atom is -0.336 e. The van der Waals surface area contributed by atoms with E-state index in [2.05, 4.69) is 26.6 Å². The van der Waals surface area contributed by atoms with E-state index in [4.69, 9.17) is 0 Å². The van der Waals surface area contributed by atoms with Crippen LogP contribution in [0.2, 0.25) is 0 Å². The van der Waals surface area contributed by atoms with Gasteiger partial charge in [0.15, 0.2) is 0 Å². The number of hydrogen-bond acceptors (Lipinski definition) is 1. The summed E-state index contributed by atoms with van der Waals surface area (Å²) in [6, 6.07) is 4.40. The Bertz CT molecular complexity index is 383. The van der Waals surface area contributed by atoms with Gasteiger partial charge in [-0.05, 0) is 27.6 Å². The van der Waals surface area contributed by atoms with Gasteiger partial charge in [0.05, 0.1) is 10.5 Å². The SMILES string of the molecule is O=C1NC[C@H](c2cccc(F)c2Br)N1. The highest BCUT2D eigenvalue weighted by Gasteiger charge is 2.24. The third-order valence-corrected chi connectivity index (χ3v) is 2.97. The summed E-state index contributed by atoms with van der Waals surface area (Å²) in [5.41, 5.74) is 0.753. The lowest BCUT2D eigenvalue weighted by Crippen LogP contribution is -2.21. The third kappa shape index (κ3) is 1.59. The summed E-state index contributed by atoms with van der Waals surface area (Å²) in [5.74, 6) is -0.316. The zero-order chi connectivity index (χ0) is 10.1. The predicted molar refractivity (Wildman–Crippen MR) is 53.4 cm³/mol. The van der Waals surface area contributed by atoms with Gasteiger partial charge >= 0.3 is 6.03 Å². The van der Waals surface area contributed by atoms with Crippen LogP contribution in [0.5, 0.6) is 0 Å². The summed E-state index contributed by atoms with van der Waals surface area (Å²) < 4.78 is 13.6. The maximum Gasteiger partial charge on any atom is 0.315 e. The van der Waals surface area contributed by atoms with Crippen molar-refractivity contribution in [2.45, 2.75) is 6.04 Å². The van der Waals surface area contributed by atoms with Gasteiger partial charge in [0.25, 0.3) is 0 Å². The molecule has 1 heterocycles. The van der Waals surface area contributed by atoms with Crippen LogP contribution < -0.4 is 10.6 Å². The van der Waals surface area contributed by atoms with E-state index in [0.29, 0.717) is 11.0 Å². The van der Waals surface area contributed by atoms with E-state index in [1.165, 1.54) is 6.07 Å². The highest BCUT2D eigenvalue weighted by atomic mass is 79.9. The highest BCUT2D eigenvalue weighted by molar-refractivity contribution is 9.10. The van der Waals surface area contributed by atoms with Gasteiger partial charge in [-0.25, -0.2) is 9.18 Å². The minimum atomic E-state index is -0.316. The molecule has 0 saturated carbocycles. The first-order valence-corrected chi connectivity index (χ1v) is 4.96. The van der Waals surface area contributed by atoms with Crippen molar-refractivity contribution in [3.63, 3.8) is 0 Å². The Morgan fingerprint density at radius 3 is 2.93 bits per heavy atom. The number of amides is 2. The van der Waals surface area contributed by atoms with Crippen molar-refractivity contribution in [1.82, 2.24) is 10.6 Å². The van der Waals surface area contributed by atoms with Crippen LogP contribution in [0.4, 0.5) is 9.18 Å². The summed E-state index contributed by atoms with van der Waals surface area (Å²) >= 11 is 3.16. The molecule has 0 bridgehead atoms. The second-order valence-electron chi connectivity index (χ2n) is 3.05. The van der Waals surface area contributed by atoms with Gasteiger partial charge in [-0.15, -0.1) is 0 Å². The fraction of sp³-hybridized carbons (Fsp3) is 0.222. The molecular weight excluding hydrogens is 251 g/mol. The lowest BCUT2D eigenvalue weighted by Gasteiger charge is -2.11. The monoisotopic (exact) mass is 258 g/mol. The molecule has 74 valence electrons. The topological polar surface area (TPSA) is 41.1 Å².